The number of methoxy groups -OCH3 is 2. The smallest absolute Gasteiger partial charge is 0.340 e. The van der Waals surface area contributed by atoms with E-state index in [1.165, 1.54) is 14.2 Å². The second-order valence-corrected chi connectivity index (χ2v) is 5.58. The standard InChI is InChI=1S/C19H21NO5/c1-5-10-20-12(2)16(19(23)25-4)15(17(20)21)11-13-6-8-14(9-7-13)18(22)24-3/h6-9,11H,5,10H2,1-4H3/b15-11-. The highest BCUT2D eigenvalue weighted by molar-refractivity contribution is 6.16. The number of nitrogens with zero attached hydrogens (tertiary/aromatic N) is 1. The van der Waals surface area contributed by atoms with Crippen LogP contribution < -0.4 is 0 Å². The van der Waals surface area contributed by atoms with Gasteiger partial charge in [-0.1, -0.05) is 19.1 Å². The molecule has 0 atom stereocenters. The van der Waals surface area contributed by atoms with E-state index in [0.717, 1.165) is 6.42 Å². The van der Waals surface area contributed by atoms with Crippen molar-refractivity contribution in [1.29, 1.82) is 0 Å². The highest BCUT2D eigenvalue weighted by atomic mass is 16.5. The van der Waals surface area contributed by atoms with Crippen molar-refractivity contribution in [2.45, 2.75) is 20.3 Å². The van der Waals surface area contributed by atoms with Crippen molar-refractivity contribution in [2.75, 3.05) is 20.8 Å². The van der Waals surface area contributed by atoms with Crippen LogP contribution in [0.2, 0.25) is 0 Å². The van der Waals surface area contributed by atoms with E-state index in [0.29, 0.717) is 28.9 Å². The van der Waals surface area contributed by atoms with Crippen LogP contribution in [0.5, 0.6) is 0 Å². The zero-order chi connectivity index (χ0) is 18.6. The molecule has 0 aliphatic carbocycles. The van der Waals surface area contributed by atoms with Gasteiger partial charge in [-0.25, -0.2) is 9.59 Å². The van der Waals surface area contributed by atoms with Crippen molar-refractivity contribution in [1.82, 2.24) is 4.90 Å². The van der Waals surface area contributed by atoms with E-state index in [-0.39, 0.29) is 11.5 Å². The molecule has 0 radical (unpaired) electrons. The Kier molecular flexibility index (Phi) is 5.75. The van der Waals surface area contributed by atoms with Crippen LogP contribution in [0, 0.1) is 0 Å². The fourth-order valence-corrected chi connectivity index (χ4v) is 2.72. The third-order valence-corrected chi connectivity index (χ3v) is 3.99. The maximum atomic E-state index is 12.7. The SMILES string of the molecule is CCCN1C(=O)/C(=C\c2ccc(C(=O)OC)cc2)C(C(=O)OC)=C1C. The van der Waals surface area contributed by atoms with Gasteiger partial charge in [0.15, 0.2) is 0 Å². The Morgan fingerprint density at radius 1 is 1.08 bits per heavy atom. The zero-order valence-electron chi connectivity index (χ0n) is 14.8. The molecule has 6 nitrogen and oxygen atoms in total. The Morgan fingerprint density at radius 2 is 1.68 bits per heavy atom. The molecule has 0 bridgehead atoms. The first-order valence-corrected chi connectivity index (χ1v) is 7.96. The van der Waals surface area contributed by atoms with Gasteiger partial charge in [-0.05, 0) is 37.1 Å². The van der Waals surface area contributed by atoms with Gasteiger partial charge < -0.3 is 14.4 Å². The summed E-state index contributed by atoms with van der Waals surface area (Å²) in [4.78, 5) is 37.9. The monoisotopic (exact) mass is 343 g/mol. The molecule has 25 heavy (non-hydrogen) atoms. The lowest BCUT2D eigenvalue weighted by Crippen LogP contribution is -2.25. The number of carbonyl (C=O) groups excluding carboxylic acids is 3. The third-order valence-electron chi connectivity index (χ3n) is 3.99. The number of esters is 2. The van der Waals surface area contributed by atoms with Crippen LogP contribution in [0.3, 0.4) is 0 Å². The molecule has 132 valence electrons. The lowest BCUT2D eigenvalue weighted by molar-refractivity contribution is -0.136. The number of hydrogen-bond acceptors (Lipinski definition) is 5. The van der Waals surface area contributed by atoms with Gasteiger partial charge in [-0.2, -0.15) is 0 Å². The number of hydrogen-bond donors (Lipinski definition) is 0. The molecule has 0 aromatic heterocycles. The summed E-state index contributed by atoms with van der Waals surface area (Å²) in [6, 6.07) is 6.60. The summed E-state index contributed by atoms with van der Waals surface area (Å²) < 4.78 is 9.50. The largest absolute Gasteiger partial charge is 0.465 e. The first-order valence-electron chi connectivity index (χ1n) is 7.96. The first-order chi connectivity index (χ1) is 11.9. The molecule has 1 amide bonds. The Hall–Kier alpha value is -2.89. The van der Waals surface area contributed by atoms with Crippen molar-refractivity contribution in [3.05, 3.63) is 52.2 Å². The van der Waals surface area contributed by atoms with Crippen LogP contribution in [0.4, 0.5) is 0 Å². The topological polar surface area (TPSA) is 72.9 Å². The molecule has 1 aliphatic heterocycles. The van der Waals surface area contributed by atoms with Crippen LogP contribution in [-0.2, 0) is 19.1 Å². The maximum absolute atomic E-state index is 12.7. The number of allylic oxidation sites excluding steroid dienone is 1. The minimum Gasteiger partial charge on any atom is -0.465 e. The van der Waals surface area contributed by atoms with Crippen LogP contribution in [-0.4, -0.2) is 43.5 Å². The normalized spacial score (nSPS) is 15.8. The van der Waals surface area contributed by atoms with Crippen molar-refractivity contribution in [3.63, 3.8) is 0 Å². The Balaban J connectivity index is 2.44. The van der Waals surface area contributed by atoms with Crippen molar-refractivity contribution >= 4 is 23.9 Å². The minimum absolute atomic E-state index is 0.225. The summed E-state index contributed by atoms with van der Waals surface area (Å²) in [5.74, 6) is -1.20. The van der Waals surface area contributed by atoms with E-state index in [2.05, 4.69) is 4.74 Å². The van der Waals surface area contributed by atoms with Gasteiger partial charge in [-0.15, -0.1) is 0 Å². The second-order valence-electron chi connectivity index (χ2n) is 5.58. The minimum atomic E-state index is -0.540. The molecule has 0 fully saturated rings. The van der Waals surface area contributed by atoms with E-state index in [4.69, 9.17) is 4.74 Å². The molecule has 0 saturated heterocycles. The molecule has 1 heterocycles. The predicted molar refractivity (Wildman–Crippen MR) is 92.5 cm³/mol. The second kappa shape index (κ2) is 7.79. The Labute approximate surface area is 146 Å². The zero-order valence-corrected chi connectivity index (χ0v) is 14.8. The lowest BCUT2D eigenvalue weighted by atomic mass is 10.0. The van der Waals surface area contributed by atoms with Crippen LogP contribution in [0.15, 0.2) is 41.1 Å². The molecule has 0 spiro atoms. The highest BCUT2D eigenvalue weighted by Gasteiger charge is 2.36. The molecule has 1 aliphatic rings. The fraction of sp³-hybridized carbons (Fsp3) is 0.316. The number of ether oxygens (including phenoxy) is 2. The van der Waals surface area contributed by atoms with E-state index < -0.39 is 11.9 Å². The molecule has 0 saturated carbocycles. The van der Waals surface area contributed by atoms with Gasteiger partial charge in [0.05, 0.1) is 30.9 Å². The first kappa shape index (κ1) is 18.4. The summed E-state index contributed by atoms with van der Waals surface area (Å²) in [7, 11) is 2.60. The highest BCUT2D eigenvalue weighted by Crippen LogP contribution is 2.31. The van der Waals surface area contributed by atoms with E-state index in [9.17, 15) is 14.4 Å². The summed E-state index contributed by atoms with van der Waals surface area (Å²) >= 11 is 0. The van der Waals surface area contributed by atoms with Crippen LogP contribution in [0.25, 0.3) is 6.08 Å². The lowest BCUT2D eigenvalue weighted by Gasteiger charge is -2.16. The van der Waals surface area contributed by atoms with Crippen molar-refractivity contribution in [3.8, 4) is 0 Å². The number of rotatable bonds is 5. The van der Waals surface area contributed by atoms with Crippen molar-refractivity contribution < 1.29 is 23.9 Å². The van der Waals surface area contributed by atoms with Crippen LogP contribution >= 0.6 is 0 Å². The Bertz CT molecular complexity index is 759. The summed E-state index contributed by atoms with van der Waals surface area (Å²) in [5.41, 5.74) is 2.27. The van der Waals surface area contributed by atoms with Crippen molar-refractivity contribution in [2.24, 2.45) is 0 Å². The molecular weight excluding hydrogens is 322 g/mol. The van der Waals surface area contributed by atoms with Crippen LogP contribution in [0.1, 0.15) is 36.2 Å². The molecule has 0 N–H and O–H groups in total. The Morgan fingerprint density at radius 3 is 2.20 bits per heavy atom. The maximum Gasteiger partial charge on any atom is 0.340 e. The molecular formula is C19H21NO5. The average molecular weight is 343 g/mol. The van der Waals surface area contributed by atoms with Gasteiger partial charge in [0, 0.05) is 12.2 Å². The molecule has 0 unspecified atom stereocenters. The number of carbonyl (C=O) groups is 3. The van der Waals surface area contributed by atoms with Gasteiger partial charge in [0.25, 0.3) is 5.91 Å². The molecule has 1 aromatic rings. The summed E-state index contributed by atoms with van der Waals surface area (Å²) in [6.45, 7) is 4.23. The summed E-state index contributed by atoms with van der Waals surface area (Å²) in [5, 5.41) is 0. The van der Waals surface area contributed by atoms with E-state index in [1.54, 1.807) is 42.2 Å². The number of benzene rings is 1. The van der Waals surface area contributed by atoms with E-state index >= 15 is 0 Å². The molecule has 1 aromatic carbocycles. The fourth-order valence-electron chi connectivity index (χ4n) is 2.72. The van der Waals surface area contributed by atoms with Gasteiger partial charge in [0.2, 0.25) is 0 Å². The number of amides is 1. The van der Waals surface area contributed by atoms with Gasteiger partial charge >= 0.3 is 11.9 Å². The van der Waals surface area contributed by atoms with E-state index in [1.807, 2.05) is 6.92 Å². The van der Waals surface area contributed by atoms with Gasteiger partial charge in [0.1, 0.15) is 0 Å². The quantitative estimate of drug-likeness (QED) is 0.607. The average Bonchev–Trinajstić information content (AvgIpc) is 2.85. The van der Waals surface area contributed by atoms with Gasteiger partial charge in [-0.3, -0.25) is 4.79 Å². The third kappa shape index (κ3) is 3.63. The summed E-state index contributed by atoms with van der Waals surface area (Å²) in [6.07, 6.45) is 2.41. The molecule has 2 rings (SSSR count). The molecule has 6 heteroatoms. The predicted octanol–water partition coefficient (Wildman–Crippen LogP) is 2.56.